The Balaban J connectivity index is 1.62. The summed E-state index contributed by atoms with van der Waals surface area (Å²) in [6, 6.07) is 24.6. The molecule has 154 valence electrons. The maximum Gasteiger partial charge on any atom is 0.148 e. The van der Waals surface area contributed by atoms with Crippen molar-refractivity contribution >= 4 is 11.0 Å². The van der Waals surface area contributed by atoms with E-state index < -0.39 is 0 Å². The summed E-state index contributed by atoms with van der Waals surface area (Å²) >= 11 is 0. The van der Waals surface area contributed by atoms with Crippen molar-refractivity contribution in [1.29, 1.82) is 0 Å². The van der Waals surface area contributed by atoms with Crippen molar-refractivity contribution in [2.24, 2.45) is 0 Å². The first kappa shape index (κ1) is 20.0. The first-order valence-electron chi connectivity index (χ1n) is 10.2. The van der Waals surface area contributed by atoms with Crippen molar-refractivity contribution in [1.82, 2.24) is 9.55 Å². The molecular weight excluding hydrogens is 372 g/mol. The third kappa shape index (κ3) is 4.18. The van der Waals surface area contributed by atoms with Crippen molar-refractivity contribution in [3.63, 3.8) is 0 Å². The van der Waals surface area contributed by atoms with Crippen LogP contribution in [-0.4, -0.2) is 16.7 Å². The van der Waals surface area contributed by atoms with E-state index in [4.69, 9.17) is 14.5 Å². The Morgan fingerprint density at radius 2 is 1.57 bits per heavy atom. The first-order chi connectivity index (χ1) is 14.5. The van der Waals surface area contributed by atoms with E-state index in [9.17, 15) is 0 Å². The van der Waals surface area contributed by atoms with Crippen molar-refractivity contribution in [3.8, 4) is 11.5 Å². The van der Waals surface area contributed by atoms with E-state index in [-0.39, 0.29) is 5.41 Å². The zero-order chi connectivity index (χ0) is 21.1. The number of ether oxygens (including phenoxy) is 2. The number of hydrogen-bond donors (Lipinski definition) is 0. The molecule has 0 N–H and O–H groups in total. The van der Waals surface area contributed by atoms with E-state index in [2.05, 4.69) is 49.6 Å². The van der Waals surface area contributed by atoms with Gasteiger partial charge in [-0.15, -0.1) is 0 Å². The number of aromatic nitrogens is 2. The summed E-state index contributed by atoms with van der Waals surface area (Å²) in [5, 5.41) is 0. The van der Waals surface area contributed by atoms with Crippen molar-refractivity contribution in [3.05, 3.63) is 89.7 Å². The number of fused-ring (bicyclic) bond motifs is 1. The molecule has 1 aromatic heterocycles. The van der Waals surface area contributed by atoms with Crippen LogP contribution in [0.25, 0.3) is 11.0 Å². The third-order valence-electron chi connectivity index (χ3n) is 5.34. The minimum Gasteiger partial charge on any atom is -0.496 e. The predicted octanol–water partition coefficient (Wildman–Crippen LogP) is 5.97. The van der Waals surface area contributed by atoms with Gasteiger partial charge in [-0.25, -0.2) is 4.98 Å². The summed E-state index contributed by atoms with van der Waals surface area (Å²) < 4.78 is 13.9. The van der Waals surface area contributed by atoms with Crippen LogP contribution < -0.4 is 9.47 Å². The van der Waals surface area contributed by atoms with Crippen LogP contribution in [0.4, 0.5) is 0 Å². The summed E-state index contributed by atoms with van der Waals surface area (Å²) in [5.74, 6) is 2.61. The number of hydrogen-bond acceptors (Lipinski definition) is 3. The molecular formula is C26H28N2O2. The Morgan fingerprint density at radius 1 is 0.867 bits per heavy atom. The Bertz CT molecular complexity index is 1140. The molecule has 0 aliphatic carbocycles. The molecule has 4 aromatic rings. The van der Waals surface area contributed by atoms with Gasteiger partial charge >= 0.3 is 0 Å². The molecule has 0 saturated heterocycles. The zero-order valence-corrected chi connectivity index (χ0v) is 18.1. The van der Waals surface area contributed by atoms with Gasteiger partial charge < -0.3 is 14.0 Å². The van der Waals surface area contributed by atoms with Crippen LogP contribution in [0.3, 0.4) is 0 Å². The summed E-state index contributed by atoms with van der Waals surface area (Å²) in [6.07, 6.45) is 0. The van der Waals surface area contributed by atoms with Crippen molar-refractivity contribution in [2.75, 3.05) is 7.11 Å². The molecule has 4 nitrogen and oxygen atoms in total. The lowest BCUT2D eigenvalue weighted by Crippen LogP contribution is -2.11. The second kappa shape index (κ2) is 8.23. The summed E-state index contributed by atoms with van der Waals surface area (Å²) in [4.78, 5) is 4.83. The number of para-hydroxylation sites is 3. The minimum atomic E-state index is 0.126. The molecule has 4 rings (SSSR count). The highest BCUT2D eigenvalue weighted by atomic mass is 16.5. The number of rotatable bonds is 6. The first-order valence-corrected chi connectivity index (χ1v) is 10.2. The zero-order valence-electron chi connectivity index (χ0n) is 18.1. The molecule has 0 spiro atoms. The van der Waals surface area contributed by atoms with E-state index >= 15 is 0 Å². The minimum absolute atomic E-state index is 0.126. The fourth-order valence-corrected chi connectivity index (χ4v) is 3.61. The van der Waals surface area contributed by atoms with Gasteiger partial charge in [-0.2, -0.15) is 0 Å². The number of methoxy groups -OCH3 is 1. The molecule has 0 aliphatic heterocycles. The quantitative estimate of drug-likeness (QED) is 0.400. The Labute approximate surface area is 178 Å². The second-order valence-corrected chi connectivity index (χ2v) is 8.48. The SMILES string of the molecule is COc1ccccc1Cn1c(COc2ccc(C(C)(C)C)cc2)nc2ccccc21. The van der Waals surface area contributed by atoms with Gasteiger partial charge in [-0.1, -0.05) is 63.2 Å². The lowest BCUT2D eigenvalue weighted by molar-refractivity contribution is 0.291. The Hall–Kier alpha value is -3.27. The van der Waals surface area contributed by atoms with Crippen LogP contribution in [0.1, 0.15) is 37.7 Å². The van der Waals surface area contributed by atoms with Gasteiger partial charge in [-0.05, 0) is 41.3 Å². The van der Waals surface area contributed by atoms with E-state index in [1.165, 1.54) is 5.56 Å². The average molecular weight is 401 g/mol. The second-order valence-electron chi connectivity index (χ2n) is 8.48. The van der Waals surface area contributed by atoms with Crippen LogP contribution in [0.15, 0.2) is 72.8 Å². The van der Waals surface area contributed by atoms with Crippen LogP contribution in [0.2, 0.25) is 0 Å². The molecule has 0 atom stereocenters. The van der Waals surface area contributed by atoms with E-state index in [1.807, 2.05) is 48.5 Å². The summed E-state index contributed by atoms with van der Waals surface area (Å²) in [6.45, 7) is 7.71. The summed E-state index contributed by atoms with van der Waals surface area (Å²) in [7, 11) is 1.70. The van der Waals surface area contributed by atoms with E-state index in [1.54, 1.807) is 7.11 Å². The van der Waals surface area contributed by atoms with E-state index in [0.717, 1.165) is 33.9 Å². The standard InChI is InChI=1S/C26H28N2O2/c1-26(2,3)20-13-15-21(16-14-20)30-18-25-27-22-10-6-7-11-23(22)28(25)17-19-9-5-8-12-24(19)29-4/h5-16H,17-18H2,1-4H3. The topological polar surface area (TPSA) is 36.3 Å². The van der Waals surface area contributed by atoms with Crippen molar-refractivity contribution in [2.45, 2.75) is 39.3 Å². The maximum atomic E-state index is 6.11. The predicted molar refractivity (Wildman–Crippen MR) is 121 cm³/mol. The molecule has 0 radical (unpaired) electrons. The monoisotopic (exact) mass is 400 g/mol. The number of nitrogens with zero attached hydrogens (tertiary/aromatic N) is 2. The average Bonchev–Trinajstić information content (AvgIpc) is 3.10. The molecule has 30 heavy (non-hydrogen) atoms. The molecule has 0 saturated carbocycles. The molecule has 3 aromatic carbocycles. The lowest BCUT2D eigenvalue weighted by Gasteiger charge is -2.19. The highest BCUT2D eigenvalue weighted by Gasteiger charge is 2.15. The van der Waals surface area contributed by atoms with Crippen LogP contribution in [-0.2, 0) is 18.6 Å². The fraction of sp³-hybridized carbons (Fsp3) is 0.269. The normalized spacial score (nSPS) is 11.6. The lowest BCUT2D eigenvalue weighted by atomic mass is 9.87. The molecule has 0 unspecified atom stereocenters. The van der Waals surface area contributed by atoms with Crippen LogP contribution >= 0.6 is 0 Å². The van der Waals surface area contributed by atoms with Gasteiger partial charge in [0.15, 0.2) is 0 Å². The van der Waals surface area contributed by atoms with Gasteiger partial charge in [0, 0.05) is 5.56 Å². The molecule has 0 amide bonds. The highest BCUT2D eigenvalue weighted by Crippen LogP contribution is 2.26. The third-order valence-corrected chi connectivity index (χ3v) is 5.34. The van der Waals surface area contributed by atoms with Gasteiger partial charge in [0.1, 0.15) is 23.9 Å². The Kier molecular flexibility index (Phi) is 5.49. The molecule has 1 heterocycles. The largest absolute Gasteiger partial charge is 0.496 e. The summed E-state index contributed by atoms with van der Waals surface area (Å²) in [5.41, 5.74) is 4.58. The number of imidazole rings is 1. The van der Waals surface area contributed by atoms with Gasteiger partial charge in [0.25, 0.3) is 0 Å². The van der Waals surface area contributed by atoms with Crippen molar-refractivity contribution < 1.29 is 9.47 Å². The Morgan fingerprint density at radius 3 is 2.30 bits per heavy atom. The van der Waals surface area contributed by atoms with Crippen LogP contribution in [0, 0.1) is 0 Å². The molecule has 0 aliphatic rings. The van der Waals surface area contributed by atoms with Gasteiger partial charge in [-0.3, -0.25) is 0 Å². The highest BCUT2D eigenvalue weighted by molar-refractivity contribution is 5.76. The molecule has 4 heteroatoms. The molecule has 0 fully saturated rings. The van der Waals surface area contributed by atoms with E-state index in [0.29, 0.717) is 13.2 Å². The maximum absolute atomic E-state index is 6.11. The van der Waals surface area contributed by atoms with Crippen LogP contribution in [0.5, 0.6) is 11.5 Å². The number of benzene rings is 3. The molecule has 0 bridgehead atoms. The van der Waals surface area contributed by atoms with Gasteiger partial charge in [0.05, 0.1) is 24.7 Å². The smallest absolute Gasteiger partial charge is 0.148 e. The van der Waals surface area contributed by atoms with Gasteiger partial charge in [0.2, 0.25) is 0 Å². The fourth-order valence-electron chi connectivity index (χ4n) is 3.61.